The summed E-state index contributed by atoms with van der Waals surface area (Å²) >= 11 is 0. The minimum Gasteiger partial charge on any atom is -0.508 e. The van der Waals surface area contributed by atoms with Gasteiger partial charge in [-0.1, -0.05) is 12.2 Å². The molecule has 0 aliphatic rings. The molecule has 0 fully saturated rings. The zero-order chi connectivity index (χ0) is 17.3. The number of nitrogens with one attached hydrogen (secondary N) is 1. The molecule has 0 unspecified atom stereocenters. The SMILES string of the molecule is C=CCn1c(=O)c2[nH]c(-c3ccc(O)cc3)nc2n(CC=C)c1=O. The van der Waals surface area contributed by atoms with Crippen LogP contribution in [0.3, 0.4) is 0 Å². The molecule has 2 N–H and O–H groups in total. The number of benzene rings is 1. The average molecular weight is 324 g/mol. The monoisotopic (exact) mass is 324 g/mol. The number of nitrogens with zero attached hydrogens (tertiary/aromatic N) is 3. The predicted molar refractivity (Wildman–Crippen MR) is 92.1 cm³/mol. The van der Waals surface area contributed by atoms with Crippen LogP contribution in [0.2, 0.25) is 0 Å². The van der Waals surface area contributed by atoms with Gasteiger partial charge in [0.15, 0.2) is 5.65 Å². The summed E-state index contributed by atoms with van der Waals surface area (Å²) in [6.45, 7) is 7.56. The van der Waals surface area contributed by atoms with E-state index >= 15 is 0 Å². The van der Waals surface area contributed by atoms with Crippen molar-refractivity contribution in [3.8, 4) is 17.1 Å². The average Bonchev–Trinajstić information content (AvgIpc) is 3.01. The Morgan fingerprint density at radius 3 is 2.33 bits per heavy atom. The Hall–Kier alpha value is -3.35. The second kappa shape index (κ2) is 6.04. The summed E-state index contributed by atoms with van der Waals surface area (Å²) in [7, 11) is 0. The van der Waals surface area contributed by atoms with E-state index in [0.717, 1.165) is 4.57 Å². The molecule has 0 aliphatic heterocycles. The van der Waals surface area contributed by atoms with E-state index in [2.05, 4.69) is 23.1 Å². The zero-order valence-electron chi connectivity index (χ0n) is 12.9. The lowest BCUT2D eigenvalue weighted by Gasteiger charge is -2.07. The smallest absolute Gasteiger partial charge is 0.333 e. The fourth-order valence-electron chi connectivity index (χ4n) is 2.51. The van der Waals surface area contributed by atoms with Gasteiger partial charge in [-0.2, -0.15) is 0 Å². The van der Waals surface area contributed by atoms with Crippen molar-refractivity contribution in [2.24, 2.45) is 0 Å². The zero-order valence-corrected chi connectivity index (χ0v) is 12.9. The molecule has 1 aromatic carbocycles. The van der Waals surface area contributed by atoms with Gasteiger partial charge in [0.2, 0.25) is 0 Å². The normalized spacial score (nSPS) is 10.8. The van der Waals surface area contributed by atoms with Crippen LogP contribution < -0.4 is 11.2 Å². The Morgan fingerprint density at radius 2 is 1.71 bits per heavy atom. The summed E-state index contributed by atoms with van der Waals surface area (Å²) in [4.78, 5) is 32.4. The number of rotatable bonds is 5. The molecule has 7 heteroatoms. The number of aromatic amines is 1. The van der Waals surface area contributed by atoms with Crippen LogP contribution in [0.1, 0.15) is 0 Å². The molecule has 0 spiro atoms. The van der Waals surface area contributed by atoms with E-state index in [1.54, 1.807) is 18.2 Å². The van der Waals surface area contributed by atoms with Crippen LogP contribution in [0.5, 0.6) is 5.75 Å². The van der Waals surface area contributed by atoms with Crippen molar-refractivity contribution < 1.29 is 5.11 Å². The summed E-state index contributed by atoms with van der Waals surface area (Å²) in [5.41, 5.74) is 0.287. The third kappa shape index (κ3) is 2.45. The minimum absolute atomic E-state index is 0.109. The number of H-pyrrole nitrogens is 1. The number of fused-ring (bicyclic) bond motifs is 1. The molecular weight excluding hydrogens is 308 g/mol. The van der Waals surface area contributed by atoms with Crippen LogP contribution in [0, 0.1) is 0 Å². The number of aromatic hydroxyl groups is 1. The molecule has 0 saturated carbocycles. The Labute approximate surface area is 136 Å². The molecule has 7 nitrogen and oxygen atoms in total. The van der Waals surface area contributed by atoms with E-state index in [4.69, 9.17) is 0 Å². The largest absolute Gasteiger partial charge is 0.508 e. The van der Waals surface area contributed by atoms with E-state index in [-0.39, 0.29) is 30.0 Å². The first-order valence-corrected chi connectivity index (χ1v) is 7.31. The molecule has 2 heterocycles. The highest BCUT2D eigenvalue weighted by Gasteiger charge is 2.16. The van der Waals surface area contributed by atoms with Gasteiger partial charge in [-0.25, -0.2) is 9.78 Å². The van der Waals surface area contributed by atoms with Crippen molar-refractivity contribution >= 4 is 11.2 Å². The van der Waals surface area contributed by atoms with Crippen molar-refractivity contribution in [2.75, 3.05) is 0 Å². The van der Waals surface area contributed by atoms with Gasteiger partial charge in [0.25, 0.3) is 5.56 Å². The van der Waals surface area contributed by atoms with E-state index in [0.29, 0.717) is 11.4 Å². The van der Waals surface area contributed by atoms with Gasteiger partial charge in [0.05, 0.1) is 0 Å². The van der Waals surface area contributed by atoms with E-state index in [9.17, 15) is 14.7 Å². The maximum atomic E-state index is 12.6. The second-order valence-electron chi connectivity index (χ2n) is 5.22. The summed E-state index contributed by atoms with van der Waals surface area (Å²) in [5.74, 6) is 0.572. The first kappa shape index (κ1) is 15.5. The molecule has 0 atom stereocenters. The third-order valence-corrected chi connectivity index (χ3v) is 3.63. The van der Waals surface area contributed by atoms with Crippen LogP contribution in [0.25, 0.3) is 22.6 Å². The van der Waals surface area contributed by atoms with Crippen molar-refractivity contribution in [1.29, 1.82) is 0 Å². The summed E-state index contributed by atoms with van der Waals surface area (Å²) in [6.07, 6.45) is 3.06. The topological polar surface area (TPSA) is 92.9 Å². The van der Waals surface area contributed by atoms with Crippen molar-refractivity contribution in [3.63, 3.8) is 0 Å². The maximum absolute atomic E-state index is 12.6. The minimum atomic E-state index is -0.462. The molecule has 3 rings (SSSR count). The van der Waals surface area contributed by atoms with Crippen LogP contribution in [0.15, 0.2) is 59.2 Å². The Bertz CT molecular complexity index is 1040. The van der Waals surface area contributed by atoms with Gasteiger partial charge in [0, 0.05) is 18.7 Å². The van der Waals surface area contributed by atoms with Crippen LogP contribution in [0.4, 0.5) is 0 Å². The third-order valence-electron chi connectivity index (χ3n) is 3.63. The van der Waals surface area contributed by atoms with E-state index in [1.165, 1.54) is 22.8 Å². The van der Waals surface area contributed by atoms with Gasteiger partial charge < -0.3 is 10.1 Å². The molecular formula is C17H16N4O3. The molecule has 122 valence electrons. The van der Waals surface area contributed by atoms with Gasteiger partial charge in [0.1, 0.15) is 17.1 Å². The molecule has 0 saturated heterocycles. The highest BCUT2D eigenvalue weighted by atomic mass is 16.3. The lowest BCUT2D eigenvalue weighted by molar-refractivity contribution is 0.475. The Morgan fingerprint density at radius 1 is 1.08 bits per heavy atom. The Balaban J connectivity index is 2.33. The number of imidazole rings is 1. The molecule has 0 radical (unpaired) electrons. The summed E-state index contributed by atoms with van der Waals surface area (Å²) in [6, 6.07) is 6.39. The van der Waals surface area contributed by atoms with Gasteiger partial charge in [-0.15, -0.1) is 13.2 Å². The molecule has 2 aromatic heterocycles. The summed E-state index contributed by atoms with van der Waals surface area (Å²) in [5, 5.41) is 9.38. The van der Waals surface area contributed by atoms with E-state index in [1.807, 2.05) is 0 Å². The quantitative estimate of drug-likeness (QED) is 0.698. The molecule has 3 aromatic rings. The number of hydrogen-bond acceptors (Lipinski definition) is 4. The highest BCUT2D eigenvalue weighted by Crippen LogP contribution is 2.20. The molecule has 0 bridgehead atoms. The first-order valence-electron chi connectivity index (χ1n) is 7.31. The lowest BCUT2D eigenvalue weighted by atomic mass is 10.2. The van der Waals surface area contributed by atoms with Crippen LogP contribution in [-0.2, 0) is 13.1 Å². The van der Waals surface area contributed by atoms with Gasteiger partial charge in [-0.3, -0.25) is 13.9 Å². The van der Waals surface area contributed by atoms with Crippen molar-refractivity contribution in [2.45, 2.75) is 13.1 Å². The number of phenolic OH excluding ortho intramolecular Hbond substituents is 1. The van der Waals surface area contributed by atoms with Gasteiger partial charge in [-0.05, 0) is 24.3 Å². The molecule has 0 amide bonds. The molecule has 0 aliphatic carbocycles. The van der Waals surface area contributed by atoms with Crippen molar-refractivity contribution in [1.82, 2.24) is 19.1 Å². The maximum Gasteiger partial charge on any atom is 0.333 e. The number of aromatic nitrogens is 4. The highest BCUT2D eigenvalue weighted by molar-refractivity contribution is 5.75. The first-order chi connectivity index (χ1) is 11.6. The fraction of sp³-hybridized carbons (Fsp3) is 0.118. The number of phenols is 1. The number of hydrogen-bond donors (Lipinski definition) is 2. The second-order valence-corrected chi connectivity index (χ2v) is 5.22. The summed E-state index contributed by atoms with van der Waals surface area (Å²) < 4.78 is 2.48. The Kier molecular flexibility index (Phi) is 3.91. The van der Waals surface area contributed by atoms with Crippen molar-refractivity contribution in [3.05, 3.63) is 70.4 Å². The van der Waals surface area contributed by atoms with Crippen LogP contribution in [-0.4, -0.2) is 24.2 Å². The standard InChI is InChI=1S/C17H16N4O3/c1-3-9-20-15-13(16(23)21(10-4-2)17(20)24)18-14(19-15)11-5-7-12(22)8-6-11/h3-8,22H,1-2,9-10H2,(H,18,19). The predicted octanol–water partition coefficient (Wildman–Crippen LogP) is 1.63. The van der Waals surface area contributed by atoms with E-state index < -0.39 is 11.2 Å². The number of allylic oxidation sites excluding steroid dienone is 2. The van der Waals surface area contributed by atoms with Gasteiger partial charge >= 0.3 is 5.69 Å². The lowest BCUT2D eigenvalue weighted by Crippen LogP contribution is -2.39. The fourth-order valence-corrected chi connectivity index (χ4v) is 2.51. The molecule has 24 heavy (non-hydrogen) atoms. The van der Waals surface area contributed by atoms with Crippen LogP contribution >= 0.6 is 0 Å².